The molecule has 176 valence electrons. The summed E-state index contributed by atoms with van der Waals surface area (Å²) in [6.45, 7) is 5.26. The van der Waals surface area contributed by atoms with Gasteiger partial charge >= 0.3 is 0 Å². The molecular weight excluding hydrogens is 422 g/mol. The van der Waals surface area contributed by atoms with Crippen LogP contribution in [0.5, 0.6) is 11.5 Å². The Morgan fingerprint density at radius 2 is 1.61 bits per heavy atom. The van der Waals surface area contributed by atoms with Crippen LogP contribution in [0.4, 0.5) is 0 Å². The zero-order valence-electron chi connectivity index (χ0n) is 19.2. The highest BCUT2D eigenvalue weighted by Gasteiger charge is 2.29. The third-order valence-electron chi connectivity index (χ3n) is 6.22. The van der Waals surface area contributed by atoms with Gasteiger partial charge in [0.05, 0.1) is 32.5 Å². The average Bonchev–Trinajstić information content (AvgIpc) is 2.88. The van der Waals surface area contributed by atoms with Crippen molar-refractivity contribution < 1.29 is 23.8 Å². The van der Waals surface area contributed by atoms with E-state index in [4.69, 9.17) is 14.2 Å². The largest absolute Gasteiger partial charge is 0.497 e. The molecule has 4 rings (SSSR count). The first-order valence-electron chi connectivity index (χ1n) is 11.3. The summed E-state index contributed by atoms with van der Waals surface area (Å²) in [5.74, 6) is 1.34. The van der Waals surface area contributed by atoms with Crippen LogP contribution in [0.25, 0.3) is 0 Å². The zero-order valence-corrected chi connectivity index (χ0v) is 19.2. The minimum atomic E-state index is -0.0441. The Morgan fingerprint density at radius 3 is 2.30 bits per heavy atom. The van der Waals surface area contributed by atoms with E-state index in [-0.39, 0.29) is 17.9 Å². The van der Waals surface area contributed by atoms with E-state index in [1.54, 1.807) is 44.6 Å². The van der Waals surface area contributed by atoms with E-state index >= 15 is 0 Å². The molecule has 0 radical (unpaired) electrons. The number of nitrogens with zero attached hydrogens (tertiary/aromatic N) is 3. The van der Waals surface area contributed by atoms with Crippen LogP contribution in [0.2, 0.25) is 0 Å². The molecule has 8 nitrogen and oxygen atoms in total. The fourth-order valence-electron chi connectivity index (χ4n) is 4.34. The van der Waals surface area contributed by atoms with Gasteiger partial charge in [0.1, 0.15) is 11.5 Å². The van der Waals surface area contributed by atoms with Gasteiger partial charge in [0.25, 0.3) is 11.8 Å². The fourth-order valence-corrected chi connectivity index (χ4v) is 4.34. The van der Waals surface area contributed by atoms with Gasteiger partial charge in [-0.2, -0.15) is 0 Å². The van der Waals surface area contributed by atoms with Crippen LogP contribution in [-0.4, -0.2) is 99.3 Å². The standard InChI is InChI=1S/C25H31N3O5/c1-31-20-9-7-19(8-10-20)24(29)28-15-16-33-21(18-28)17-26-11-13-27(14-12-26)25(30)22-5-3-4-6-23(22)32-2/h3-10,21H,11-18H2,1-2H3. The number of hydrogen-bond donors (Lipinski definition) is 0. The summed E-state index contributed by atoms with van der Waals surface area (Å²) in [6, 6.07) is 14.5. The smallest absolute Gasteiger partial charge is 0.257 e. The Morgan fingerprint density at radius 1 is 0.879 bits per heavy atom. The molecule has 2 aliphatic heterocycles. The van der Waals surface area contributed by atoms with Crippen LogP contribution in [0.15, 0.2) is 48.5 Å². The Kier molecular flexibility index (Phi) is 7.47. The molecule has 8 heteroatoms. The second kappa shape index (κ2) is 10.7. The number of hydrogen-bond acceptors (Lipinski definition) is 6. The summed E-state index contributed by atoms with van der Waals surface area (Å²) in [6.07, 6.45) is -0.0441. The highest BCUT2D eigenvalue weighted by molar-refractivity contribution is 5.97. The van der Waals surface area contributed by atoms with E-state index in [0.29, 0.717) is 49.7 Å². The van der Waals surface area contributed by atoms with Crippen molar-refractivity contribution in [2.75, 3.05) is 66.6 Å². The molecular formula is C25H31N3O5. The number of carbonyl (C=O) groups is 2. The number of benzene rings is 2. The molecule has 33 heavy (non-hydrogen) atoms. The number of rotatable bonds is 6. The third kappa shape index (κ3) is 5.46. The lowest BCUT2D eigenvalue weighted by atomic mass is 10.1. The number of para-hydroxylation sites is 1. The van der Waals surface area contributed by atoms with E-state index in [9.17, 15) is 9.59 Å². The normalized spacial score (nSPS) is 19.3. The van der Waals surface area contributed by atoms with Crippen molar-refractivity contribution in [2.24, 2.45) is 0 Å². The second-order valence-corrected chi connectivity index (χ2v) is 8.27. The summed E-state index contributed by atoms with van der Waals surface area (Å²) in [7, 11) is 3.19. The minimum absolute atomic E-state index is 0.00252. The lowest BCUT2D eigenvalue weighted by Crippen LogP contribution is -2.54. The number of morpholine rings is 1. The lowest BCUT2D eigenvalue weighted by molar-refractivity contribution is -0.0400. The third-order valence-corrected chi connectivity index (χ3v) is 6.22. The van der Waals surface area contributed by atoms with Gasteiger partial charge in [0, 0.05) is 51.4 Å². The molecule has 2 fully saturated rings. The quantitative estimate of drug-likeness (QED) is 0.666. The van der Waals surface area contributed by atoms with Crippen LogP contribution < -0.4 is 9.47 Å². The van der Waals surface area contributed by atoms with Crippen LogP contribution in [-0.2, 0) is 4.74 Å². The zero-order chi connectivity index (χ0) is 23.2. The first kappa shape index (κ1) is 23.1. The predicted octanol–water partition coefficient (Wildman–Crippen LogP) is 2.00. The van der Waals surface area contributed by atoms with Crippen molar-refractivity contribution in [1.82, 2.24) is 14.7 Å². The maximum Gasteiger partial charge on any atom is 0.257 e. The summed E-state index contributed by atoms with van der Waals surface area (Å²) < 4.78 is 16.5. The molecule has 2 aliphatic rings. The van der Waals surface area contributed by atoms with Crippen LogP contribution in [0, 0.1) is 0 Å². The van der Waals surface area contributed by atoms with E-state index in [0.717, 1.165) is 25.4 Å². The average molecular weight is 454 g/mol. The molecule has 2 heterocycles. The van der Waals surface area contributed by atoms with E-state index in [2.05, 4.69) is 4.90 Å². The molecule has 2 aromatic carbocycles. The van der Waals surface area contributed by atoms with E-state index in [1.807, 2.05) is 28.0 Å². The van der Waals surface area contributed by atoms with Crippen LogP contribution in [0.1, 0.15) is 20.7 Å². The molecule has 2 saturated heterocycles. The van der Waals surface area contributed by atoms with Gasteiger partial charge in [-0.05, 0) is 36.4 Å². The fraction of sp³-hybridized carbons (Fsp3) is 0.440. The van der Waals surface area contributed by atoms with Crippen LogP contribution in [0.3, 0.4) is 0 Å². The van der Waals surface area contributed by atoms with Crippen molar-refractivity contribution in [3.05, 3.63) is 59.7 Å². The molecule has 2 aromatic rings. The number of carbonyl (C=O) groups excluding carboxylic acids is 2. The van der Waals surface area contributed by atoms with Crippen molar-refractivity contribution in [3.8, 4) is 11.5 Å². The summed E-state index contributed by atoms with van der Waals surface area (Å²) in [5.41, 5.74) is 1.25. The highest BCUT2D eigenvalue weighted by atomic mass is 16.5. The van der Waals surface area contributed by atoms with Crippen molar-refractivity contribution in [2.45, 2.75) is 6.10 Å². The summed E-state index contributed by atoms with van der Waals surface area (Å²) in [5, 5.41) is 0. The monoisotopic (exact) mass is 453 g/mol. The van der Waals surface area contributed by atoms with Crippen LogP contribution >= 0.6 is 0 Å². The molecule has 0 spiro atoms. The Hall–Kier alpha value is -3.10. The van der Waals surface area contributed by atoms with Gasteiger partial charge in [-0.1, -0.05) is 12.1 Å². The number of methoxy groups -OCH3 is 2. The van der Waals surface area contributed by atoms with Gasteiger partial charge in [0.2, 0.25) is 0 Å². The maximum absolute atomic E-state index is 12.9. The molecule has 1 unspecified atom stereocenters. The topological polar surface area (TPSA) is 71.5 Å². The number of ether oxygens (including phenoxy) is 3. The molecule has 0 N–H and O–H groups in total. The van der Waals surface area contributed by atoms with Gasteiger partial charge in [0.15, 0.2) is 0 Å². The minimum Gasteiger partial charge on any atom is -0.497 e. The predicted molar refractivity (Wildman–Crippen MR) is 124 cm³/mol. The second-order valence-electron chi connectivity index (χ2n) is 8.27. The van der Waals surface area contributed by atoms with Gasteiger partial charge in [-0.3, -0.25) is 14.5 Å². The first-order valence-corrected chi connectivity index (χ1v) is 11.3. The first-order chi connectivity index (χ1) is 16.1. The van der Waals surface area contributed by atoms with Crippen molar-refractivity contribution in [1.29, 1.82) is 0 Å². The molecule has 0 bridgehead atoms. The summed E-state index contributed by atoms with van der Waals surface area (Å²) >= 11 is 0. The summed E-state index contributed by atoms with van der Waals surface area (Å²) in [4.78, 5) is 31.9. The van der Waals surface area contributed by atoms with E-state index < -0.39 is 0 Å². The van der Waals surface area contributed by atoms with E-state index in [1.165, 1.54) is 0 Å². The highest BCUT2D eigenvalue weighted by Crippen LogP contribution is 2.21. The maximum atomic E-state index is 12.9. The Bertz CT molecular complexity index is 957. The van der Waals surface area contributed by atoms with Crippen molar-refractivity contribution in [3.63, 3.8) is 0 Å². The molecule has 2 amide bonds. The van der Waals surface area contributed by atoms with Gasteiger partial charge < -0.3 is 24.0 Å². The molecule has 0 aliphatic carbocycles. The number of piperazine rings is 1. The van der Waals surface area contributed by atoms with Gasteiger partial charge in [-0.25, -0.2) is 0 Å². The SMILES string of the molecule is COc1ccc(C(=O)N2CCOC(CN3CCN(C(=O)c4ccccc4OC)CC3)C2)cc1. The molecule has 0 aromatic heterocycles. The van der Waals surface area contributed by atoms with Gasteiger partial charge in [-0.15, -0.1) is 0 Å². The Balaban J connectivity index is 1.28. The number of amides is 2. The lowest BCUT2D eigenvalue weighted by Gasteiger charge is -2.39. The van der Waals surface area contributed by atoms with Crippen molar-refractivity contribution >= 4 is 11.8 Å². The molecule has 1 atom stereocenters. The molecule has 0 saturated carbocycles. The Labute approximate surface area is 194 Å².